The zero-order chi connectivity index (χ0) is 11.5. The molecule has 1 fully saturated rings. The van der Waals surface area contributed by atoms with Crippen LogP contribution in [-0.2, 0) is 0 Å². The molecule has 0 radical (unpaired) electrons. The molecule has 6 heteroatoms. The second-order valence-corrected chi connectivity index (χ2v) is 5.06. The molecule has 16 heavy (non-hydrogen) atoms. The van der Waals surface area contributed by atoms with Gasteiger partial charge in [-0.25, -0.2) is 8.78 Å². The molecule has 1 saturated carbocycles. The second-order valence-electron chi connectivity index (χ2n) is 3.86. The van der Waals surface area contributed by atoms with Crippen molar-refractivity contribution in [3.8, 4) is 0 Å². The summed E-state index contributed by atoms with van der Waals surface area (Å²) in [5.74, 6) is -2.62. The van der Waals surface area contributed by atoms with Gasteiger partial charge in [0.05, 0.1) is 16.7 Å². The third-order valence-electron chi connectivity index (χ3n) is 2.76. The number of nitrogens with zero attached hydrogens (tertiary/aromatic N) is 2. The molecule has 0 aliphatic heterocycles. The van der Waals surface area contributed by atoms with Crippen molar-refractivity contribution in [3.05, 3.63) is 27.8 Å². The lowest BCUT2D eigenvalue weighted by atomic mass is 10.2. The Hall–Kier alpha value is -0.680. The fourth-order valence-electron chi connectivity index (χ4n) is 1.77. The molecule has 0 N–H and O–H groups in total. The molecule has 0 amide bonds. The van der Waals surface area contributed by atoms with Crippen molar-refractivity contribution < 1.29 is 8.78 Å². The Kier molecular flexibility index (Phi) is 2.07. The molecular formula is C10H6BrClF2N2. The highest BCUT2D eigenvalue weighted by molar-refractivity contribution is 9.10. The summed E-state index contributed by atoms with van der Waals surface area (Å²) in [6.07, 6.45) is 1.42. The minimum atomic E-state index is -2.62. The third kappa shape index (κ3) is 1.38. The monoisotopic (exact) mass is 306 g/mol. The van der Waals surface area contributed by atoms with E-state index >= 15 is 0 Å². The summed E-state index contributed by atoms with van der Waals surface area (Å²) >= 11 is 9.24. The fraction of sp³-hybridized carbons (Fsp3) is 0.300. The van der Waals surface area contributed by atoms with Crippen LogP contribution in [0, 0.1) is 0 Å². The molecular weight excluding hydrogens is 301 g/mol. The summed E-state index contributed by atoms with van der Waals surface area (Å²) in [6, 6.07) is 2.58. The van der Waals surface area contributed by atoms with E-state index in [0.717, 1.165) is 5.39 Å². The Morgan fingerprint density at radius 1 is 1.50 bits per heavy atom. The lowest BCUT2D eigenvalue weighted by Crippen LogP contribution is -2.03. The molecule has 0 saturated heterocycles. The topological polar surface area (TPSA) is 17.8 Å². The van der Waals surface area contributed by atoms with E-state index in [0.29, 0.717) is 15.0 Å². The summed E-state index contributed by atoms with van der Waals surface area (Å²) in [5, 5.41) is 5.31. The summed E-state index contributed by atoms with van der Waals surface area (Å²) in [5.41, 5.74) is 0.679. The molecule has 2 aromatic rings. The zero-order valence-corrected chi connectivity index (χ0v) is 10.3. The molecule has 0 spiro atoms. The van der Waals surface area contributed by atoms with E-state index in [1.807, 2.05) is 0 Å². The lowest BCUT2D eigenvalue weighted by molar-refractivity contribution is 0.0992. The minimum absolute atomic E-state index is 0.135. The second kappa shape index (κ2) is 3.17. The first-order valence-corrected chi connectivity index (χ1v) is 5.87. The van der Waals surface area contributed by atoms with Crippen molar-refractivity contribution in [3.63, 3.8) is 0 Å². The first-order chi connectivity index (χ1) is 7.50. The number of hydrogen-bond donors (Lipinski definition) is 0. The van der Waals surface area contributed by atoms with E-state index in [2.05, 4.69) is 21.0 Å². The molecule has 1 aliphatic rings. The Labute approximate surface area is 103 Å². The smallest absolute Gasteiger partial charge is 0.255 e. The highest BCUT2D eigenvalue weighted by Gasteiger charge is 2.59. The Morgan fingerprint density at radius 2 is 2.19 bits per heavy atom. The van der Waals surface area contributed by atoms with E-state index in [9.17, 15) is 8.78 Å². The molecule has 1 heterocycles. The number of hydrogen-bond acceptors (Lipinski definition) is 1. The number of halogens is 4. The van der Waals surface area contributed by atoms with Gasteiger partial charge in [0, 0.05) is 16.3 Å². The Bertz CT molecular complexity index is 581. The predicted octanol–water partition coefficient (Wildman–Crippen LogP) is 4.03. The summed E-state index contributed by atoms with van der Waals surface area (Å²) in [4.78, 5) is 0. The van der Waals surface area contributed by atoms with Crippen LogP contribution in [-0.4, -0.2) is 15.7 Å². The van der Waals surface area contributed by atoms with Gasteiger partial charge in [-0.05, 0) is 28.1 Å². The number of aromatic nitrogens is 2. The third-order valence-corrected chi connectivity index (χ3v) is 4.15. The van der Waals surface area contributed by atoms with Crippen LogP contribution in [0.25, 0.3) is 10.9 Å². The quantitative estimate of drug-likeness (QED) is 0.777. The molecule has 1 atom stereocenters. The van der Waals surface area contributed by atoms with Crippen molar-refractivity contribution in [1.29, 1.82) is 0 Å². The lowest BCUT2D eigenvalue weighted by Gasteiger charge is -2.02. The van der Waals surface area contributed by atoms with Gasteiger partial charge in [0.1, 0.15) is 6.04 Å². The van der Waals surface area contributed by atoms with Gasteiger partial charge < -0.3 is 0 Å². The molecule has 1 unspecified atom stereocenters. The van der Waals surface area contributed by atoms with Crippen LogP contribution in [0.5, 0.6) is 0 Å². The van der Waals surface area contributed by atoms with Gasteiger partial charge in [-0.3, -0.25) is 4.68 Å². The zero-order valence-electron chi connectivity index (χ0n) is 7.92. The number of fused-ring (bicyclic) bond motifs is 1. The molecule has 84 valence electrons. The van der Waals surface area contributed by atoms with E-state index in [1.165, 1.54) is 4.68 Å². The van der Waals surface area contributed by atoms with Gasteiger partial charge in [-0.2, -0.15) is 5.10 Å². The largest absolute Gasteiger partial charge is 0.272 e. The van der Waals surface area contributed by atoms with Gasteiger partial charge in [-0.1, -0.05) is 11.6 Å². The average molecular weight is 308 g/mol. The van der Waals surface area contributed by atoms with E-state index < -0.39 is 12.0 Å². The van der Waals surface area contributed by atoms with Crippen LogP contribution in [0.3, 0.4) is 0 Å². The van der Waals surface area contributed by atoms with Crippen LogP contribution < -0.4 is 0 Å². The summed E-state index contributed by atoms with van der Waals surface area (Å²) in [6.45, 7) is 0. The number of rotatable bonds is 1. The van der Waals surface area contributed by atoms with Crippen molar-refractivity contribution in [2.45, 2.75) is 18.4 Å². The summed E-state index contributed by atoms with van der Waals surface area (Å²) in [7, 11) is 0. The van der Waals surface area contributed by atoms with Crippen LogP contribution in [0.4, 0.5) is 8.78 Å². The Balaban J connectivity index is 2.19. The van der Waals surface area contributed by atoms with Crippen molar-refractivity contribution in [2.24, 2.45) is 0 Å². The molecule has 1 aromatic heterocycles. The minimum Gasteiger partial charge on any atom is -0.255 e. The van der Waals surface area contributed by atoms with Gasteiger partial charge in [0.2, 0.25) is 0 Å². The van der Waals surface area contributed by atoms with Gasteiger partial charge >= 0.3 is 0 Å². The summed E-state index contributed by atoms with van der Waals surface area (Å²) < 4.78 is 28.0. The van der Waals surface area contributed by atoms with Crippen molar-refractivity contribution in [2.75, 3.05) is 0 Å². The standard InChI is InChI=1S/C10H6BrClF2N2/c11-9-5-4-15-16(8-3-10(8,13)14)7(5)2-1-6(9)12/h1-2,4,8H,3H2. The van der Waals surface area contributed by atoms with E-state index in [1.54, 1.807) is 18.3 Å². The van der Waals surface area contributed by atoms with Crippen LogP contribution in [0.15, 0.2) is 22.8 Å². The number of alkyl halides is 2. The Morgan fingerprint density at radius 3 is 2.81 bits per heavy atom. The first-order valence-electron chi connectivity index (χ1n) is 4.70. The van der Waals surface area contributed by atoms with Gasteiger partial charge in [0.15, 0.2) is 0 Å². The molecule has 2 nitrogen and oxygen atoms in total. The SMILES string of the molecule is FC1(F)CC1n1ncc2c(Br)c(Cl)ccc21. The van der Waals surface area contributed by atoms with Crippen LogP contribution >= 0.6 is 27.5 Å². The maximum absolute atomic E-state index is 13.0. The molecule has 1 aliphatic carbocycles. The average Bonchev–Trinajstić information content (AvgIpc) is 2.70. The highest BCUT2D eigenvalue weighted by Crippen LogP contribution is 2.53. The maximum Gasteiger partial charge on any atom is 0.272 e. The van der Waals surface area contributed by atoms with Crippen molar-refractivity contribution in [1.82, 2.24) is 9.78 Å². The van der Waals surface area contributed by atoms with Gasteiger partial charge in [0.25, 0.3) is 5.92 Å². The molecule has 3 rings (SSSR count). The highest BCUT2D eigenvalue weighted by atomic mass is 79.9. The molecule has 0 bridgehead atoms. The van der Waals surface area contributed by atoms with Crippen LogP contribution in [0.2, 0.25) is 5.02 Å². The van der Waals surface area contributed by atoms with Crippen LogP contribution in [0.1, 0.15) is 12.5 Å². The fourth-order valence-corrected chi connectivity index (χ4v) is 2.38. The first kappa shape index (κ1) is 10.5. The predicted molar refractivity (Wildman–Crippen MR) is 61.0 cm³/mol. The normalized spacial score (nSPS) is 22.6. The van der Waals surface area contributed by atoms with Crippen molar-refractivity contribution >= 4 is 38.4 Å². The molecule has 1 aromatic carbocycles. The maximum atomic E-state index is 13.0. The van der Waals surface area contributed by atoms with E-state index in [-0.39, 0.29) is 6.42 Å². The van der Waals surface area contributed by atoms with E-state index in [4.69, 9.17) is 11.6 Å². The number of benzene rings is 1. The van der Waals surface area contributed by atoms with Gasteiger partial charge in [-0.15, -0.1) is 0 Å².